The van der Waals surface area contributed by atoms with Crippen molar-refractivity contribution in [3.8, 4) is 0 Å². The maximum absolute atomic E-state index is 12.3. The topological polar surface area (TPSA) is 110 Å². The van der Waals surface area contributed by atoms with Gasteiger partial charge in [-0.1, -0.05) is 18.0 Å². The van der Waals surface area contributed by atoms with Crippen molar-refractivity contribution < 1.29 is 14.1 Å². The Morgan fingerprint density at radius 1 is 1.12 bits per heavy atom. The van der Waals surface area contributed by atoms with E-state index in [0.29, 0.717) is 35.5 Å². The van der Waals surface area contributed by atoms with Gasteiger partial charge in [0.05, 0.1) is 11.7 Å². The second-order valence-electron chi connectivity index (χ2n) is 6.14. The molecular formula is C17H21ClN4O3. The van der Waals surface area contributed by atoms with E-state index in [1.54, 1.807) is 31.2 Å². The quantitative estimate of drug-likeness (QED) is 0.772. The molecular weight excluding hydrogens is 344 g/mol. The number of benzene rings is 1. The summed E-state index contributed by atoms with van der Waals surface area (Å²) < 4.78 is 4.87. The molecule has 0 spiro atoms. The van der Waals surface area contributed by atoms with E-state index < -0.39 is 5.54 Å². The lowest BCUT2D eigenvalue weighted by molar-refractivity contribution is -0.121. The summed E-state index contributed by atoms with van der Waals surface area (Å²) in [7, 11) is 0. The Hall–Kier alpha value is -2.38. The van der Waals surface area contributed by atoms with Crippen LogP contribution in [0.25, 0.3) is 0 Å². The fraction of sp³-hybridized carbons (Fsp3) is 0.353. The lowest BCUT2D eigenvalue weighted by Crippen LogP contribution is -2.48. The number of halogens is 1. The summed E-state index contributed by atoms with van der Waals surface area (Å²) in [4.78, 5) is 24.3. The maximum Gasteiger partial charge on any atom is 0.260 e. The second-order valence-corrected chi connectivity index (χ2v) is 6.14. The van der Waals surface area contributed by atoms with Gasteiger partial charge in [0, 0.05) is 11.4 Å². The third-order valence-corrected chi connectivity index (χ3v) is 4.34. The van der Waals surface area contributed by atoms with Crippen LogP contribution in [-0.4, -0.2) is 22.5 Å². The molecule has 8 heteroatoms. The van der Waals surface area contributed by atoms with Crippen LogP contribution in [0.4, 0.5) is 11.4 Å². The van der Waals surface area contributed by atoms with E-state index in [1.165, 1.54) is 6.20 Å². The number of aromatic nitrogens is 1. The van der Waals surface area contributed by atoms with Crippen LogP contribution >= 0.6 is 12.4 Å². The summed E-state index contributed by atoms with van der Waals surface area (Å²) in [6, 6.07) is 6.89. The van der Waals surface area contributed by atoms with Crippen LogP contribution in [0.1, 0.15) is 41.8 Å². The zero-order valence-electron chi connectivity index (χ0n) is 13.9. The van der Waals surface area contributed by atoms with Crippen molar-refractivity contribution in [3.63, 3.8) is 0 Å². The fourth-order valence-corrected chi connectivity index (χ4v) is 2.84. The Morgan fingerprint density at radius 2 is 1.68 bits per heavy atom. The summed E-state index contributed by atoms with van der Waals surface area (Å²) in [5, 5.41) is 9.17. The maximum atomic E-state index is 12.3. The molecule has 1 saturated carbocycles. The van der Waals surface area contributed by atoms with Gasteiger partial charge in [0.2, 0.25) is 5.91 Å². The monoisotopic (exact) mass is 364 g/mol. The number of carbonyl (C=O) groups excluding carboxylic acids is 2. The first-order chi connectivity index (χ1) is 11.5. The molecule has 134 valence electrons. The van der Waals surface area contributed by atoms with Crippen LogP contribution < -0.4 is 16.4 Å². The molecule has 2 aromatic rings. The average molecular weight is 365 g/mol. The van der Waals surface area contributed by atoms with Gasteiger partial charge >= 0.3 is 0 Å². The molecule has 1 aliphatic carbocycles. The number of anilines is 2. The minimum Gasteiger partial charge on any atom is -0.361 e. The first-order valence-corrected chi connectivity index (χ1v) is 7.91. The van der Waals surface area contributed by atoms with Gasteiger partial charge in [-0.25, -0.2) is 0 Å². The van der Waals surface area contributed by atoms with Crippen LogP contribution in [0.3, 0.4) is 0 Å². The second kappa shape index (κ2) is 7.67. The highest BCUT2D eigenvalue weighted by Crippen LogP contribution is 2.28. The molecule has 0 bridgehead atoms. The van der Waals surface area contributed by atoms with E-state index >= 15 is 0 Å². The molecule has 1 heterocycles. The molecule has 7 nitrogen and oxygen atoms in total. The van der Waals surface area contributed by atoms with Gasteiger partial charge in [0.25, 0.3) is 5.91 Å². The molecule has 2 amide bonds. The van der Waals surface area contributed by atoms with Gasteiger partial charge in [-0.2, -0.15) is 0 Å². The smallest absolute Gasteiger partial charge is 0.260 e. The Morgan fingerprint density at radius 3 is 2.20 bits per heavy atom. The number of aryl methyl sites for hydroxylation is 1. The average Bonchev–Trinajstić information content (AvgIpc) is 3.18. The van der Waals surface area contributed by atoms with Crippen molar-refractivity contribution in [3.05, 3.63) is 41.8 Å². The molecule has 4 N–H and O–H groups in total. The number of amides is 2. The van der Waals surface area contributed by atoms with Crippen LogP contribution in [0.2, 0.25) is 0 Å². The molecule has 1 aliphatic rings. The third-order valence-electron chi connectivity index (χ3n) is 4.34. The lowest BCUT2D eigenvalue weighted by atomic mass is 9.98. The minimum absolute atomic E-state index is 0. The normalized spacial score (nSPS) is 15.3. The summed E-state index contributed by atoms with van der Waals surface area (Å²) in [5.41, 5.74) is 7.02. The molecule has 0 aliphatic heterocycles. The molecule has 25 heavy (non-hydrogen) atoms. The molecule has 0 radical (unpaired) electrons. The van der Waals surface area contributed by atoms with Gasteiger partial charge in [0.15, 0.2) is 0 Å². The van der Waals surface area contributed by atoms with Crippen LogP contribution in [0.5, 0.6) is 0 Å². The highest BCUT2D eigenvalue weighted by molar-refractivity contribution is 6.05. The summed E-state index contributed by atoms with van der Waals surface area (Å²) >= 11 is 0. The van der Waals surface area contributed by atoms with Crippen molar-refractivity contribution >= 4 is 35.6 Å². The number of hydrogen-bond donors (Lipinski definition) is 3. The predicted octanol–water partition coefficient (Wildman–Crippen LogP) is 2.87. The van der Waals surface area contributed by atoms with Crippen molar-refractivity contribution in [1.29, 1.82) is 0 Å². The van der Waals surface area contributed by atoms with Crippen molar-refractivity contribution in [2.24, 2.45) is 5.73 Å². The molecule has 0 atom stereocenters. The first-order valence-electron chi connectivity index (χ1n) is 7.91. The van der Waals surface area contributed by atoms with Crippen LogP contribution in [0, 0.1) is 6.92 Å². The van der Waals surface area contributed by atoms with E-state index in [1.807, 2.05) is 0 Å². The van der Waals surface area contributed by atoms with Gasteiger partial charge in [0.1, 0.15) is 11.3 Å². The van der Waals surface area contributed by atoms with Gasteiger partial charge in [-0.15, -0.1) is 12.4 Å². The number of nitrogens with one attached hydrogen (secondary N) is 2. The molecule has 3 rings (SSSR count). The summed E-state index contributed by atoms with van der Waals surface area (Å²) in [6.45, 7) is 1.67. The number of nitrogens with zero attached hydrogens (tertiary/aromatic N) is 1. The first kappa shape index (κ1) is 19.0. The van der Waals surface area contributed by atoms with Crippen LogP contribution in [0.15, 0.2) is 35.0 Å². The summed E-state index contributed by atoms with van der Waals surface area (Å²) in [5.74, 6) is 0.00970. The Balaban J connectivity index is 0.00000225. The van der Waals surface area contributed by atoms with E-state index in [4.69, 9.17) is 10.3 Å². The molecule has 1 aromatic heterocycles. The SMILES string of the molecule is Cc1oncc1C(=O)Nc1ccc(NC(=O)C2(N)CCCC2)cc1.Cl. The number of nitrogens with two attached hydrogens (primary N) is 1. The van der Waals surface area contributed by atoms with Gasteiger partial charge in [-0.3, -0.25) is 9.59 Å². The highest BCUT2D eigenvalue weighted by Gasteiger charge is 2.36. The van der Waals surface area contributed by atoms with Crippen molar-refractivity contribution in [1.82, 2.24) is 5.16 Å². The van der Waals surface area contributed by atoms with Gasteiger partial charge in [-0.05, 0) is 44.0 Å². The van der Waals surface area contributed by atoms with Crippen molar-refractivity contribution in [2.75, 3.05) is 10.6 Å². The number of hydrogen-bond acceptors (Lipinski definition) is 5. The van der Waals surface area contributed by atoms with E-state index in [2.05, 4.69) is 15.8 Å². The predicted molar refractivity (Wildman–Crippen MR) is 96.9 cm³/mol. The van der Waals surface area contributed by atoms with Crippen molar-refractivity contribution in [2.45, 2.75) is 38.1 Å². The van der Waals surface area contributed by atoms with E-state index in [9.17, 15) is 9.59 Å². The Labute approximate surface area is 151 Å². The number of rotatable bonds is 4. The lowest BCUT2D eigenvalue weighted by Gasteiger charge is -2.22. The molecule has 0 unspecified atom stereocenters. The molecule has 1 fully saturated rings. The largest absolute Gasteiger partial charge is 0.361 e. The highest BCUT2D eigenvalue weighted by atomic mass is 35.5. The molecule has 0 saturated heterocycles. The number of carbonyl (C=O) groups is 2. The standard InChI is InChI=1S/C17H20N4O3.ClH/c1-11-14(10-19-24-11)15(22)20-12-4-6-13(7-5-12)21-16(23)17(18)8-2-3-9-17;/h4-7,10H,2-3,8-9,18H2,1H3,(H,20,22)(H,21,23);1H. The third kappa shape index (κ3) is 4.18. The van der Waals surface area contributed by atoms with E-state index in [0.717, 1.165) is 12.8 Å². The Kier molecular flexibility index (Phi) is 5.81. The zero-order chi connectivity index (χ0) is 17.2. The Bertz CT molecular complexity index is 752. The molecule has 1 aromatic carbocycles. The van der Waals surface area contributed by atoms with E-state index in [-0.39, 0.29) is 24.2 Å². The summed E-state index contributed by atoms with van der Waals surface area (Å²) in [6.07, 6.45) is 4.77. The minimum atomic E-state index is -0.765. The fourth-order valence-electron chi connectivity index (χ4n) is 2.84. The van der Waals surface area contributed by atoms with Gasteiger partial charge < -0.3 is 20.9 Å². The zero-order valence-corrected chi connectivity index (χ0v) is 14.7. The van der Waals surface area contributed by atoms with Crippen LogP contribution in [-0.2, 0) is 4.79 Å².